The van der Waals surface area contributed by atoms with Crippen molar-refractivity contribution >= 4 is 29.1 Å². The highest BCUT2D eigenvalue weighted by Crippen LogP contribution is 2.32. The van der Waals surface area contributed by atoms with Gasteiger partial charge in [-0.3, -0.25) is 9.69 Å². The first-order chi connectivity index (χ1) is 14.1. The zero-order valence-electron chi connectivity index (χ0n) is 16.9. The molecule has 0 spiro atoms. The van der Waals surface area contributed by atoms with Gasteiger partial charge in [0.05, 0.1) is 32.2 Å². The zero-order valence-corrected chi connectivity index (χ0v) is 17.7. The summed E-state index contributed by atoms with van der Waals surface area (Å²) < 4.78 is 10.4. The lowest BCUT2D eigenvalue weighted by Crippen LogP contribution is -2.31. The van der Waals surface area contributed by atoms with Gasteiger partial charge in [-0.05, 0) is 53.9 Å². The maximum absolute atomic E-state index is 12.9. The molecule has 1 amide bonds. The van der Waals surface area contributed by atoms with Gasteiger partial charge in [-0.25, -0.2) is 0 Å². The largest absolute Gasteiger partial charge is 0.497 e. The molecule has 3 rings (SSSR count). The van der Waals surface area contributed by atoms with Gasteiger partial charge in [0.1, 0.15) is 11.5 Å². The Bertz CT molecular complexity index is 879. The quantitative estimate of drug-likeness (QED) is 0.479. The number of amides is 1. The third-order valence-corrected chi connectivity index (χ3v) is 5.77. The number of ether oxygens (including phenoxy) is 2. The Morgan fingerprint density at radius 2 is 1.66 bits per heavy atom. The van der Waals surface area contributed by atoms with Crippen molar-refractivity contribution in [3.8, 4) is 11.5 Å². The van der Waals surface area contributed by atoms with Crippen LogP contribution in [0.2, 0.25) is 0 Å². The summed E-state index contributed by atoms with van der Waals surface area (Å²) in [5.74, 6) is 1.67. The minimum absolute atomic E-state index is 0.0889. The lowest BCUT2D eigenvalue weighted by molar-refractivity contribution is -0.126. The van der Waals surface area contributed by atoms with Gasteiger partial charge in [-0.1, -0.05) is 37.2 Å². The highest BCUT2D eigenvalue weighted by Gasteiger charge is 2.37. The van der Waals surface area contributed by atoms with Gasteiger partial charge in [0.2, 0.25) is 5.91 Å². The first-order valence-electron chi connectivity index (χ1n) is 9.50. The van der Waals surface area contributed by atoms with Gasteiger partial charge < -0.3 is 9.47 Å². The van der Waals surface area contributed by atoms with Gasteiger partial charge in [-0.15, -0.1) is 5.10 Å². The summed E-state index contributed by atoms with van der Waals surface area (Å²) in [6, 6.07) is 15.3. The summed E-state index contributed by atoms with van der Waals surface area (Å²) in [5.41, 5.74) is 1.93. The number of hydrogen-bond donors (Lipinski definition) is 0. The second-order valence-corrected chi connectivity index (χ2v) is 7.74. The highest BCUT2D eigenvalue weighted by molar-refractivity contribution is 8.15. The van der Waals surface area contributed by atoms with Crippen LogP contribution in [0.4, 0.5) is 0 Å². The molecule has 6 nitrogen and oxygen atoms in total. The van der Waals surface area contributed by atoms with Gasteiger partial charge in [0.25, 0.3) is 0 Å². The number of thioether (sulfide) groups is 1. The number of carbonyl (C=O) groups is 1. The number of methoxy groups -OCH3 is 2. The van der Waals surface area contributed by atoms with Crippen molar-refractivity contribution < 1.29 is 14.3 Å². The van der Waals surface area contributed by atoms with E-state index < -0.39 is 0 Å². The van der Waals surface area contributed by atoms with E-state index in [1.165, 1.54) is 11.8 Å². The summed E-state index contributed by atoms with van der Waals surface area (Å²) in [4.78, 5) is 14.6. The number of carbonyl (C=O) groups excluding carboxylic acids is 1. The SMILES string of the molecule is CCCC1S/C(=N\N=C\c2ccc(OC)cc2)N(Cc2ccc(OC)cc2)C1=O. The summed E-state index contributed by atoms with van der Waals surface area (Å²) in [7, 11) is 3.27. The van der Waals surface area contributed by atoms with Crippen molar-refractivity contribution in [1.29, 1.82) is 0 Å². The fourth-order valence-electron chi connectivity index (χ4n) is 2.93. The van der Waals surface area contributed by atoms with Gasteiger partial charge >= 0.3 is 0 Å². The summed E-state index contributed by atoms with van der Waals surface area (Å²) >= 11 is 1.49. The molecular formula is C22H25N3O3S. The molecule has 152 valence electrons. The third kappa shape index (κ3) is 5.38. The molecule has 0 aliphatic carbocycles. The summed E-state index contributed by atoms with van der Waals surface area (Å²) in [5, 5.41) is 9.10. The average Bonchev–Trinajstić information content (AvgIpc) is 3.04. The first-order valence-corrected chi connectivity index (χ1v) is 10.4. The smallest absolute Gasteiger partial charge is 0.242 e. The van der Waals surface area contributed by atoms with Crippen LogP contribution in [-0.4, -0.2) is 41.7 Å². The Labute approximate surface area is 175 Å². The molecule has 0 aromatic heterocycles. The molecule has 1 aliphatic rings. The topological polar surface area (TPSA) is 63.5 Å². The highest BCUT2D eigenvalue weighted by atomic mass is 32.2. The predicted octanol–water partition coefficient (Wildman–Crippen LogP) is 4.34. The van der Waals surface area contributed by atoms with E-state index in [9.17, 15) is 4.79 Å². The molecule has 1 atom stereocenters. The van der Waals surface area contributed by atoms with Crippen LogP contribution in [0.1, 0.15) is 30.9 Å². The maximum atomic E-state index is 12.9. The van der Waals surface area contributed by atoms with Crippen LogP contribution >= 0.6 is 11.8 Å². The molecule has 2 aromatic rings. The zero-order chi connectivity index (χ0) is 20.6. The van der Waals surface area contributed by atoms with Gasteiger partial charge in [-0.2, -0.15) is 5.10 Å². The van der Waals surface area contributed by atoms with Crippen molar-refractivity contribution in [1.82, 2.24) is 4.90 Å². The van der Waals surface area contributed by atoms with Crippen LogP contribution < -0.4 is 9.47 Å². The van der Waals surface area contributed by atoms with E-state index in [2.05, 4.69) is 17.1 Å². The summed E-state index contributed by atoms with van der Waals surface area (Å²) in [6.07, 6.45) is 3.45. The Balaban J connectivity index is 1.77. The molecule has 29 heavy (non-hydrogen) atoms. The third-order valence-electron chi connectivity index (χ3n) is 4.54. The molecular weight excluding hydrogens is 386 g/mol. The van der Waals surface area contributed by atoms with Gasteiger partial charge in [0.15, 0.2) is 5.17 Å². The van der Waals surface area contributed by atoms with E-state index >= 15 is 0 Å². The van der Waals surface area contributed by atoms with Crippen molar-refractivity contribution in [2.45, 2.75) is 31.6 Å². The first kappa shape index (κ1) is 20.9. The van der Waals surface area contributed by atoms with E-state index in [1.54, 1.807) is 25.3 Å². The van der Waals surface area contributed by atoms with E-state index in [0.29, 0.717) is 11.7 Å². The molecule has 0 saturated carbocycles. The summed E-state index contributed by atoms with van der Waals surface area (Å²) in [6.45, 7) is 2.55. The van der Waals surface area contributed by atoms with Crippen LogP contribution in [0, 0.1) is 0 Å². The molecule has 1 saturated heterocycles. The van der Waals surface area contributed by atoms with Crippen LogP contribution in [0.3, 0.4) is 0 Å². The Hall–Kier alpha value is -2.80. The molecule has 0 radical (unpaired) electrons. The standard InChI is InChI=1S/C22H25N3O3S/c1-4-5-20-21(26)25(15-17-8-12-19(28-3)13-9-17)22(29-20)24-23-14-16-6-10-18(27-2)11-7-16/h6-14,20H,4-5,15H2,1-3H3/b23-14+,24-22-. The minimum atomic E-state index is -0.104. The molecule has 1 unspecified atom stereocenters. The molecule has 1 fully saturated rings. The number of amidine groups is 1. The van der Waals surface area contributed by atoms with Crippen molar-refractivity contribution in [3.63, 3.8) is 0 Å². The second kappa shape index (κ2) is 10.1. The number of nitrogens with zero attached hydrogens (tertiary/aromatic N) is 3. The number of hydrogen-bond acceptors (Lipinski definition) is 6. The van der Waals surface area contributed by atoms with E-state index in [-0.39, 0.29) is 11.2 Å². The second-order valence-electron chi connectivity index (χ2n) is 6.57. The van der Waals surface area contributed by atoms with Crippen LogP contribution in [0.15, 0.2) is 58.7 Å². The predicted molar refractivity (Wildman–Crippen MR) is 118 cm³/mol. The molecule has 1 heterocycles. The van der Waals surface area contributed by atoms with Crippen LogP contribution in [-0.2, 0) is 11.3 Å². The Kier molecular flexibility index (Phi) is 7.30. The van der Waals surface area contributed by atoms with Crippen molar-refractivity contribution in [2.24, 2.45) is 10.2 Å². The number of rotatable bonds is 8. The molecule has 1 aliphatic heterocycles. The maximum Gasteiger partial charge on any atom is 0.242 e. The molecule has 0 N–H and O–H groups in total. The number of benzene rings is 2. The van der Waals surface area contributed by atoms with Crippen LogP contribution in [0.5, 0.6) is 11.5 Å². The van der Waals surface area contributed by atoms with E-state index in [0.717, 1.165) is 35.5 Å². The molecule has 7 heteroatoms. The Morgan fingerprint density at radius 3 is 2.24 bits per heavy atom. The fraction of sp³-hybridized carbons (Fsp3) is 0.318. The van der Waals surface area contributed by atoms with Crippen LogP contribution in [0.25, 0.3) is 0 Å². The van der Waals surface area contributed by atoms with Crippen molar-refractivity contribution in [2.75, 3.05) is 14.2 Å². The Morgan fingerprint density at radius 1 is 1.03 bits per heavy atom. The fourth-order valence-corrected chi connectivity index (χ4v) is 4.14. The minimum Gasteiger partial charge on any atom is -0.497 e. The monoisotopic (exact) mass is 411 g/mol. The van der Waals surface area contributed by atoms with Crippen molar-refractivity contribution in [3.05, 3.63) is 59.7 Å². The molecule has 0 bridgehead atoms. The van der Waals surface area contributed by atoms with Gasteiger partial charge in [0, 0.05) is 0 Å². The average molecular weight is 412 g/mol. The van der Waals surface area contributed by atoms with E-state index in [1.807, 2.05) is 48.5 Å². The normalized spacial score (nSPS) is 18.0. The van der Waals surface area contributed by atoms with E-state index in [4.69, 9.17) is 9.47 Å². The molecule has 2 aromatic carbocycles. The lowest BCUT2D eigenvalue weighted by atomic mass is 10.2. The lowest BCUT2D eigenvalue weighted by Gasteiger charge is -2.16.